The molecule has 0 atom stereocenters. The summed E-state index contributed by atoms with van der Waals surface area (Å²) in [7, 11) is -3.35. The second-order valence-corrected chi connectivity index (χ2v) is 5.63. The molecule has 0 saturated heterocycles. The summed E-state index contributed by atoms with van der Waals surface area (Å²) < 4.78 is 25.8. The van der Waals surface area contributed by atoms with Crippen molar-refractivity contribution in [2.75, 3.05) is 6.54 Å². The van der Waals surface area contributed by atoms with Crippen LogP contribution in [0.4, 0.5) is 0 Å². The van der Waals surface area contributed by atoms with Crippen molar-refractivity contribution in [2.24, 2.45) is 0 Å². The average molecular weight is 229 g/mol. The Balaban J connectivity index is 2.32. The third-order valence-corrected chi connectivity index (χ3v) is 4.47. The fourth-order valence-corrected chi connectivity index (χ4v) is 3.30. The van der Waals surface area contributed by atoms with Gasteiger partial charge >= 0.3 is 0 Å². The molecule has 0 unspecified atom stereocenters. The van der Waals surface area contributed by atoms with E-state index < -0.39 is 10.0 Å². The lowest BCUT2D eigenvalue weighted by atomic mass is 10.6. The Morgan fingerprint density at radius 2 is 2.27 bits per heavy atom. The van der Waals surface area contributed by atoms with Gasteiger partial charge in [0.05, 0.1) is 6.20 Å². The lowest BCUT2D eigenvalue weighted by molar-refractivity contribution is 0.419. The van der Waals surface area contributed by atoms with Crippen LogP contribution in [0, 0.1) is 6.92 Å². The number of nitrogens with zero attached hydrogens (tertiary/aromatic N) is 2. The van der Waals surface area contributed by atoms with Crippen LogP contribution in [0.1, 0.15) is 25.6 Å². The smallest absolute Gasteiger partial charge is 0.260 e. The maximum absolute atomic E-state index is 12.1. The van der Waals surface area contributed by atoms with E-state index in [1.807, 2.05) is 6.92 Å². The minimum atomic E-state index is -3.35. The summed E-state index contributed by atoms with van der Waals surface area (Å²) in [5.74, 6) is 0.625. The molecule has 2 rings (SSSR count). The standard InChI is InChI=1S/C9H15N3O2S/c1-3-12(8-4-5-8)15(13,14)9-6-10-7(2)11-9/h6,8H,3-5H2,1-2H3,(H,10,11). The maximum Gasteiger partial charge on any atom is 0.260 e. The summed E-state index contributed by atoms with van der Waals surface area (Å²) in [4.78, 5) is 6.69. The highest BCUT2D eigenvalue weighted by atomic mass is 32.2. The number of aromatic amines is 1. The zero-order valence-corrected chi connectivity index (χ0v) is 9.71. The molecule has 1 fully saturated rings. The normalized spacial score (nSPS) is 17.3. The Labute approximate surface area is 89.6 Å². The van der Waals surface area contributed by atoms with Gasteiger partial charge in [-0.15, -0.1) is 0 Å². The second kappa shape index (κ2) is 3.61. The molecular formula is C9H15N3O2S. The number of aryl methyl sites for hydroxylation is 1. The number of hydrogen-bond donors (Lipinski definition) is 1. The Bertz CT molecular complexity index is 448. The highest BCUT2D eigenvalue weighted by molar-refractivity contribution is 7.89. The Hall–Kier alpha value is -0.880. The molecule has 0 bridgehead atoms. The van der Waals surface area contributed by atoms with Gasteiger partial charge < -0.3 is 4.98 Å². The molecule has 0 aliphatic heterocycles. The van der Waals surface area contributed by atoms with Gasteiger partial charge in [0.15, 0.2) is 5.03 Å². The van der Waals surface area contributed by atoms with E-state index in [0.29, 0.717) is 12.4 Å². The minimum Gasteiger partial charge on any atom is -0.332 e. The molecule has 84 valence electrons. The van der Waals surface area contributed by atoms with Gasteiger partial charge in [0.2, 0.25) is 0 Å². The van der Waals surface area contributed by atoms with E-state index in [4.69, 9.17) is 0 Å². The Morgan fingerprint density at radius 3 is 2.67 bits per heavy atom. The van der Waals surface area contributed by atoms with Gasteiger partial charge in [0.25, 0.3) is 10.0 Å². The van der Waals surface area contributed by atoms with Crippen molar-refractivity contribution in [3.63, 3.8) is 0 Å². The van der Waals surface area contributed by atoms with Crippen molar-refractivity contribution in [2.45, 2.75) is 37.8 Å². The summed E-state index contributed by atoms with van der Waals surface area (Å²) in [6, 6.07) is 0.198. The molecule has 1 N–H and O–H groups in total. The van der Waals surface area contributed by atoms with E-state index in [1.54, 1.807) is 11.2 Å². The van der Waals surface area contributed by atoms with E-state index in [1.165, 1.54) is 6.20 Å². The summed E-state index contributed by atoms with van der Waals surface area (Å²) in [6.45, 7) is 4.12. The summed E-state index contributed by atoms with van der Waals surface area (Å²) in [5, 5.41) is 0.203. The van der Waals surface area contributed by atoms with Crippen LogP contribution >= 0.6 is 0 Å². The topological polar surface area (TPSA) is 66.1 Å². The van der Waals surface area contributed by atoms with Gasteiger partial charge in [-0.05, 0) is 19.8 Å². The SMILES string of the molecule is CCN(C1CC1)S(=O)(=O)c1cnc(C)[nH]1. The molecule has 0 amide bonds. The molecular weight excluding hydrogens is 214 g/mol. The van der Waals surface area contributed by atoms with Crippen molar-refractivity contribution >= 4 is 10.0 Å². The molecule has 1 aromatic heterocycles. The monoisotopic (exact) mass is 229 g/mol. The molecule has 0 aromatic carbocycles. The largest absolute Gasteiger partial charge is 0.332 e. The number of H-pyrrole nitrogens is 1. The van der Waals surface area contributed by atoms with E-state index >= 15 is 0 Å². The van der Waals surface area contributed by atoms with E-state index in [2.05, 4.69) is 9.97 Å². The first kappa shape index (κ1) is 10.6. The molecule has 1 aromatic rings. The molecule has 5 nitrogen and oxygen atoms in total. The molecule has 1 heterocycles. The van der Waals surface area contributed by atoms with Crippen LogP contribution in [0.15, 0.2) is 11.2 Å². The van der Waals surface area contributed by atoms with Crippen molar-refractivity contribution in [1.29, 1.82) is 0 Å². The zero-order valence-electron chi connectivity index (χ0n) is 8.90. The molecule has 1 aliphatic carbocycles. The fourth-order valence-electron chi connectivity index (χ4n) is 1.64. The van der Waals surface area contributed by atoms with Gasteiger partial charge in [-0.2, -0.15) is 4.31 Å². The van der Waals surface area contributed by atoms with Crippen molar-refractivity contribution in [3.05, 3.63) is 12.0 Å². The molecule has 0 radical (unpaired) electrons. The van der Waals surface area contributed by atoms with Crippen LogP contribution in [0.2, 0.25) is 0 Å². The van der Waals surface area contributed by atoms with Crippen molar-refractivity contribution in [3.8, 4) is 0 Å². The van der Waals surface area contributed by atoms with E-state index in [0.717, 1.165) is 12.8 Å². The maximum atomic E-state index is 12.1. The quantitative estimate of drug-likeness (QED) is 0.834. The third-order valence-electron chi connectivity index (χ3n) is 2.53. The first-order valence-corrected chi connectivity index (χ1v) is 6.53. The van der Waals surface area contributed by atoms with Gasteiger partial charge in [0.1, 0.15) is 5.82 Å². The number of nitrogens with one attached hydrogen (secondary N) is 1. The highest BCUT2D eigenvalue weighted by Gasteiger charge is 2.37. The van der Waals surface area contributed by atoms with Crippen LogP contribution < -0.4 is 0 Å². The number of hydrogen-bond acceptors (Lipinski definition) is 3. The van der Waals surface area contributed by atoms with Gasteiger partial charge in [-0.3, -0.25) is 0 Å². The fraction of sp³-hybridized carbons (Fsp3) is 0.667. The van der Waals surface area contributed by atoms with E-state index in [-0.39, 0.29) is 11.1 Å². The summed E-state index contributed by atoms with van der Waals surface area (Å²) in [6.07, 6.45) is 3.33. The lowest BCUT2D eigenvalue weighted by Gasteiger charge is -2.18. The number of aromatic nitrogens is 2. The molecule has 0 spiro atoms. The average Bonchev–Trinajstić information content (AvgIpc) is 2.88. The minimum absolute atomic E-state index is 0.198. The van der Waals surface area contributed by atoms with Gasteiger partial charge in [0, 0.05) is 12.6 Å². The van der Waals surface area contributed by atoms with Crippen LogP contribution in [-0.2, 0) is 10.0 Å². The molecule has 6 heteroatoms. The van der Waals surface area contributed by atoms with E-state index in [9.17, 15) is 8.42 Å². The van der Waals surface area contributed by atoms with Crippen molar-refractivity contribution in [1.82, 2.24) is 14.3 Å². The Morgan fingerprint density at radius 1 is 1.60 bits per heavy atom. The molecule has 1 aliphatic rings. The predicted octanol–water partition coefficient (Wildman–Crippen LogP) is 0.891. The van der Waals surface area contributed by atoms with Crippen LogP contribution in [-0.4, -0.2) is 35.3 Å². The highest BCUT2D eigenvalue weighted by Crippen LogP contribution is 2.31. The first-order chi connectivity index (χ1) is 7.05. The predicted molar refractivity (Wildman–Crippen MR) is 55.9 cm³/mol. The molecule has 15 heavy (non-hydrogen) atoms. The summed E-state index contributed by atoms with van der Waals surface area (Å²) >= 11 is 0. The van der Waals surface area contributed by atoms with Gasteiger partial charge in [-0.25, -0.2) is 13.4 Å². The third kappa shape index (κ3) is 1.91. The lowest BCUT2D eigenvalue weighted by Crippen LogP contribution is -2.33. The van der Waals surface area contributed by atoms with Crippen LogP contribution in [0.25, 0.3) is 0 Å². The number of sulfonamides is 1. The van der Waals surface area contributed by atoms with Crippen LogP contribution in [0.5, 0.6) is 0 Å². The van der Waals surface area contributed by atoms with Crippen LogP contribution in [0.3, 0.4) is 0 Å². The Kier molecular flexibility index (Phi) is 2.56. The number of imidazole rings is 1. The second-order valence-electron chi connectivity index (χ2n) is 3.77. The van der Waals surface area contributed by atoms with Gasteiger partial charge in [-0.1, -0.05) is 6.92 Å². The first-order valence-electron chi connectivity index (χ1n) is 5.09. The van der Waals surface area contributed by atoms with Crippen molar-refractivity contribution < 1.29 is 8.42 Å². The zero-order chi connectivity index (χ0) is 11.1. The number of rotatable bonds is 4. The molecule has 1 saturated carbocycles. The summed E-state index contributed by atoms with van der Waals surface area (Å²) in [5.41, 5.74) is 0.